The summed E-state index contributed by atoms with van der Waals surface area (Å²) < 4.78 is 5.53. The highest BCUT2D eigenvalue weighted by Crippen LogP contribution is 2.23. The van der Waals surface area contributed by atoms with Crippen LogP contribution in [0.5, 0.6) is 0 Å². The van der Waals surface area contributed by atoms with Crippen LogP contribution in [0.2, 0.25) is 0 Å². The standard InChI is InChI=1S/C12H22N2O2/c1-9-5-7-16-11(9)12(15)14(2)10-4-3-6-13-8-10/h9-11,13H,3-8H2,1-2H3. The Hall–Kier alpha value is -0.610. The molecule has 2 aliphatic heterocycles. The summed E-state index contributed by atoms with van der Waals surface area (Å²) in [5, 5.41) is 3.34. The minimum absolute atomic E-state index is 0.165. The van der Waals surface area contributed by atoms with E-state index in [2.05, 4.69) is 12.2 Å². The van der Waals surface area contributed by atoms with Crippen LogP contribution in [0.25, 0.3) is 0 Å². The number of carbonyl (C=O) groups is 1. The van der Waals surface area contributed by atoms with Crippen molar-refractivity contribution >= 4 is 5.91 Å². The first-order valence-electron chi connectivity index (χ1n) is 6.29. The smallest absolute Gasteiger partial charge is 0.252 e. The molecule has 2 rings (SSSR count). The minimum atomic E-state index is -0.202. The van der Waals surface area contributed by atoms with E-state index in [1.165, 1.54) is 0 Å². The maximum absolute atomic E-state index is 12.2. The Morgan fingerprint density at radius 1 is 1.44 bits per heavy atom. The van der Waals surface area contributed by atoms with Gasteiger partial charge >= 0.3 is 0 Å². The lowest BCUT2D eigenvalue weighted by Gasteiger charge is -2.33. The second-order valence-corrected chi connectivity index (χ2v) is 5.01. The summed E-state index contributed by atoms with van der Waals surface area (Å²) in [6.45, 7) is 4.83. The minimum Gasteiger partial charge on any atom is -0.368 e. The number of hydrogen-bond acceptors (Lipinski definition) is 3. The van der Waals surface area contributed by atoms with Crippen molar-refractivity contribution in [3.63, 3.8) is 0 Å². The van der Waals surface area contributed by atoms with Crippen molar-refractivity contribution in [3.05, 3.63) is 0 Å². The van der Waals surface area contributed by atoms with Gasteiger partial charge < -0.3 is 15.0 Å². The van der Waals surface area contributed by atoms with Crippen LogP contribution in [0.4, 0.5) is 0 Å². The van der Waals surface area contributed by atoms with Gasteiger partial charge in [0, 0.05) is 26.2 Å². The van der Waals surface area contributed by atoms with E-state index in [9.17, 15) is 4.79 Å². The molecule has 1 N–H and O–H groups in total. The molecule has 2 fully saturated rings. The molecule has 4 heteroatoms. The number of nitrogens with one attached hydrogen (secondary N) is 1. The number of ether oxygens (including phenoxy) is 1. The first kappa shape index (κ1) is 11.9. The SMILES string of the molecule is CC1CCOC1C(=O)N(C)C1CCCNC1. The summed E-state index contributed by atoms with van der Waals surface area (Å²) in [7, 11) is 1.91. The molecule has 92 valence electrons. The van der Waals surface area contributed by atoms with Gasteiger partial charge in [0.2, 0.25) is 0 Å². The third-order valence-corrected chi connectivity index (χ3v) is 3.80. The number of nitrogens with zero attached hydrogens (tertiary/aromatic N) is 1. The largest absolute Gasteiger partial charge is 0.368 e. The molecule has 2 aliphatic rings. The molecular formula is C12H22N2O2. The van der Waals surface area contributed by atoms with Gasteiger partial charge in [0.15, 0.2) is 0 Å². The lowest BCUT2D eigenvalue weighted by Crippen LogP contribution is -2.50. The van der Waals surface area contributed by atoms with Crippen LogP contribution in [0.15, 0.2) is 0 Å². The predicted octanol–water partition coefficient (Wildman–Crippen LogP) is 0.622. The number of piperidine rings is 1. The Kier molecular flexibility index (Phi) is 3.82. The maximum Gasteiger partial charge on any atom is 0.252 e. The summed E-state index contributed by atoms with van der Waals surface area (Å²) in [6.07, 6.45) is 3.07. The zero-order valence-corrected chi connectivity index (χ0v) is 10.2. The fourth-order valence-corrected chi connectivity index (χ4v) is 2.56. The molecule has 0 radical (unpaired) electrons. The molecule has 0 saturated carbocycles. The Labute approximate surface area is 97.3 Å². The molecule has 0 aromatic heterocycles. The Morgan fingerprint density at radius 2 is 2.25 bits per heavy atom. The van der Waals surface area contributed by atoms with Gasteiger partial charge in [-0.2, -0.15) is 0 Å². The summed E-state index contributed by atoms with van der Waals surface area (Å²) in [5.41, 5.74) is 0. The van der Waals surface area contributed by atoms with Crippen LogP contribution in [0.3, 0.4) is 0 Å². The van der Waals surface area contributed by atoms with E-state index in [4.69, 9.17) is 4.74 Å². The van der Waals surface area contributed by atoms with E-state index < -0.39 is 0 Å². The monoisotopic (exact) mass is 226 g/mol. The first-order valence-corrected chi connectivity index (χ1v) is 6.29. The van der Waals surface area contributed by atoms with Gasteiger partial charge in [-0.15, -0.1) is 0 Å². The molecular weight excluding hydrogens is 204 g/mol. The number of hydrogen-bond donors (Lipinski definition) is 1. The third-order valence-electron chi connectivity index (χ3n) is 3.80. The van der Waals surface area contributed by atoms with Gasteiger partial charge in [0.05, 0.1) is 0 Å². The van der Waals surface area contributed by atoms with Crippen molar-refractivity contribution in [3.8, 4) is 0 Å². The average Bonchev–Trinajstić information content (AvgIpc) is 2.75. The fourth-order valence-electron chi connectivity index (χ4n) is 2.56. The molecule has 0 aliphatic carbocycles. The second kappa shape index (κ2) is 5.15. The summed E-state index contributed by atoms with van der Waals surface area (Å²) in [6, 6.07) is 0.345. The molecule has 4 nitrogen and oxygen atoms in total. The molecule has 2 heterocycles. The lowest BCUT2D eigenvalue weighted by atomic mass is 10.0. The van der Waals surface area contributed by atoms with Gasteiger partial charge in [-0.3, -0.25) is 4.79 Å². The second-order valence-electron chi connectivity index (χ2n) is 5.01. The van der Waals surface area contributed by atoms with E-state index in [0.717, 1.165) is 39.0 Å². The van der Waals surface area contributed by atoms with Crippen molar-refractivity contribution in [2.45, 2.75) is 38.3 Å². The van der Waals surface area contributed by atoms with Gasteiger partial charge in [-0.25, -0.2) is 0 Å². The summed E-state index contributed by atoms with van der Waals surface area (Å²) >= 11 is 0. The third kappa shape index (κ3) is 2.38. The van der Waals surface area contributed by atoms with E-state index in [0.29, 0.717) is 12.0 Å². The molecule has 1 amide bonds. The molecule has 0 bridgehead atoms. The topological polar surface area (TPSA) is 41.6 Å². The molecule has 0 spiro atoms. The molecule has 0 aromatic carbocycles. The van der Waals surface area contributed by atoms with Crippen LogP contribution >= 0.6 is 0 Å². The highest BCUT2D eigenvalue weighted by atomic mass is 16.5. The Balaban J connectivity index is 1.92. The molecule has 0 aromatic rings. The van der Waals surface area contributed by atoms with Gasteiger partial charge in [-0.05, 0) is 31.7 Å². The molecule has 16 heavy (non-hydrogen) atoms. The van der Waals surface area contributed by atoms with Crippen LogP contribution in [0, 0.1) is 5.92 Å². The predicted molar refractivity (Wildman–Crippen MR) is 62.2 cm³/mol. The van der Waals surface area contributed by atoms with Crippen molar-refractivity contribution in [2.24, 2.45) is 5.92 Å². The fraction of sp³-hybridized carbons (Fsp3) is 0.917. The highest BCUT2D eigenvalue weighted by molar-refractivity contribution is 5.81. The maximum atomic E-state index is 12.2. The highest BCUT2D eigenvalue weighted by Gasteiger charge is 2.35. The normalized spacial score (nSPS) is 35.0. The Morgan fingerprint density at radius 3 is 2.81 bits per heavy atom. The van der Waals surface area contributed by atoms with E-state index in [1.807, 2.05) is 11.9 Å². The van der Waals surface area contributed by atoms with Crippen LogP contribution in [0.1, 0.15) is 26.2 Å². The average molecular weight is 226 g/mol. The quantitative estimate of drug-likeness (QED) is 0.750. The van der Waals surface area contributed by atoms with Crippen LogP contribution in [-0.4, -0.2) is 49.7 Å². The van der Waals surface area contributed by atoms with Crippen LogP contribution < -0.4 is 5.32 Å². The van der Waals surface area contributed by atoms with Gasteiger partial charge in [0.25, 0.3) is 5.91 Å². The molecule has 3 unspecified atom stereocenters. The van der Waals surface area contributed by atoms with Crippen molar-refractivity contribution in [1.82, 2.24) is 10.2 Å². The molecule has 3 atom stereocenters. The number of amides is 1. The Bertz CT molecular complexity index is 251. The van der Waals surface area contributed by atoms with Crippen molar-refractivity contribution < 1.29 is 9.53 Å². The van der Waals surface area contributed by atoms with E-state index in [1.54, 1.807) is 0 Å². The molecule has 2 saturated heterocycles. The lowest BCUT2D eigenvalue weighted by molar-refractivity contribution is -0.143. The van der Waals surface area contributed by atoms with Crippen molar-refractivity contribution in [1.29, 1.82) is 0 Å². The number of rotatable bonds is 2. The summed E-state index contributed by atoms with van der Waals surface area (Å²) in [5.74, 6) is 0.533. The van der Waals surface area contributed by atoms with Crippen molar-refractivity contribution in [2.75, 3.05) is 26.7 Å². The van der Waals surface area contributed by atoms with Gasteiger partial charge in [0.1, 0.15) is 6.10 Å². The van der Waals surface area contributed by atoms with E-state index >= 15 is 0 Å². The number of carbonyl (C=O) groups excluding carboxylic acids is 1. The zero-order valence-electron chi connectivity index (χ0n) is 10.2. The van der Waals surface area contributed by atoms with E-state index in [-0.39, 0.29) is 12.0 Å². The number of likely N-dealkylation sites (N-methyl/N-ethyl adjacent to an activating group) is 1. The van der Waals surface area contributed by atoms with Gasteiger partial charge in [-0.1, -0.05) is 6.92 Å². The first-order chi connectivity index (χ1) is 7.70. The van der Waals surface area contributed by atoms with Crippen LogP contribution in [-0.2, 0) is 9.53 Å². The zero-order chi connectivity index (χ0) is 11.5. The summed E-state index contributed by atoms with van der Waals surface area (Å²) in [4.78, 5) is 14.1.